The van der Waals surface area contributed by atoms with Crippen LogP contribution >= 0.6 is 7.75 Å². The quantitative estimate of drug-likeness (QED) is 0.402. The molecule has 0 bridgehead atoms. The number of carboxylic acids is 1. The van der Waals surface area contributed by atoms with Crippen LogP contribution in [0.5, 0.6) is 11.5 Å². The number of nitrogens with zero attached hydrogens (tertiary/aromatic N) is 1. The van der Waals surface area contributed by atoms with Gasteiger partial charge in [0, 0.05) is 11.8 Å². The van der Waals surface area contributed by atoms with Crippen LogP contribution in [0.2, 0.25) is 0 Å². The van der Waals surface area contributed by atoms with Crippen LogP contribution in [-0.4, -0.2) is 33.5 Å². The molecule has 2 atom stereocenters. The van der Waals surface area contributed by atoms with Crippen molar-refractivity contribution in [3.05, 3.63) is 52.3 Å². The predicted molar refractivity (Wildman–Crippen MR) is 108 cm³/mol. The fourth-order valence-corrected chi connectivity index (χ4v) is 4.64. The first-order valence-electron chi connectivity index (χ1n) is 9.41. The van der Waals surface area contributed by atoms with Crippen LogP contribution < -0.4 is 9.61 Å². The van der Waals surface area contributed by atoms with E-state index in [1.54, 1.807) is 12.1 Å². The summed E-state index contributed by atoms with van der Waals surface area (Å²) in [5.74, 6) is -1.25. The van der Waals surface area contributed by atoms with E-state index in [4.69, 9.17) is 9.05 Å². The number of aromatic hydroxyl groups is 1. The number of aldehydes is 1. The molecule has 3 rings (SSSR count). The Bertz CT molecular complexity index is 1020. The zero-order chi connectivity index (χ0) is 21.9. The Morgan fingerprint density at radius 3 is 2.80 bits per heavy atom. The Labute approximate surface area is 173 Å². The van der Waals surface area contributed by atoms with Gasteiger partial charge in [-0.25, -0.2) is 4.57 Å². The zero-order valence-electron chi connectivity index (χ0n) is 16.6. The second-order valence-electron chi connectivity index (χ2n) is 7.08. The molecular weight excluding hydrogens is 411 g/mol. The van der Waals surface area contributed by atoms with Crippen LogP contribution in [0.3, 0.4) is 0 Å². The number of carbonyl (C=O) groups excluding carboxylic acids is 1. The van der Waals surface area contributed by atoms with Crippen LogP contribution in [0.1, 0.15) is 46.1 Å². The molecule has 1 aliphatic rings. The largest absolute Gasteiger partial charge is 0.505 e. The highest BCUT2D eigenvalue weighted by Crippen LogP contribution is 2.46. The van der Waals surface area contributed by atoms with Crippen molar-refractivity contribution in [3.63, 3.8) is 0 Å². The maximum Gasteiger partial charge on any atom is 0.459 e. The van der Waals surface area contributed by atoms with Gasteiger partial charge in [-0.1, -0.05) is 6.07 Å². The lowest BCUT2D eigenvalue weighted by molar-refractivity contribution is -0.138. The molecule has 0 aliphatic heterocycles. The molecule has 3 N–H and O–H groups in total. The van der Waals surface area contributed by atoms with Crippen molar-refractivity contribution in [3.8, 4) is 11.5 Å². The summed E-state index contributed by atoms with van der Waals surface area (Å²) in [5.41, 5.74) is 2.69. The molecule has 0 amide bonds. The summed E-state index contributed by atoms with van der Waals surface area (Å²) in [7, 11) is -4.16. The Kier molecular flexibility index (Phi) is 6.55. The van der Waals surface area contributed by atoms with Crippen molar-refractivity contribution in [2.45, 2.75) is 45.8 Å². The molecule has 160 valence electrons. The molecule has 0 fully saturated rings. The topological polar surface area (TPSA) is 135 Å². The molecule has 2 aromatic rings. The summed E-state index contributed by atoms with van der Waals surface area (Å²) in [6.07, 6.45) is 4.64. The van der Waals surface area contributed by atoms with Crippen LogP contribution in [0, 0.1) is 6.92 Å². The number of rotatable bonds is 9. The lowest BCUT2D eigenvalue weighted by atomic mass is 10.1. The Morgan fingerprint density at radius 1 is 1.37 bits per heavy atom. The van der Waals surface area contributed by atoms with E-state index in [9.17, 15) is 24.4 Å². The summed E-state index contributed by atoms with van der Waals surface area (Å²) in [5, 5.41) is 21.6. The summed E-state index contributed by atoms with van der Waals surface area (Å²) in [4.78, 5) is 26.6. The Hall–Kier alpha value is -2.74. The third-order valence-corrected chi connectivity index (χ3v) is 6.51. The monoisotopic (exact) mass is 434 g/mol. The SMILES string of the molecule is Cc1ncc(COP(=O)(NC(C)C(=O)O)Oc2ccc3c(c2)CCC3)c(C=O)c1O. The normalized spacial score (nSPS) is 15.8. The van der Waals surface area contributed by atoms with Gasteiger partial charge in [0.1, 0.15) is 17.5 Å². The first-order valence-corrected chi connectivity index (χ1v) is 11.0. The van der Waals surface area contributed by atoms with Gasteiger partial charge in [0.05, 0.1) is 17.9 Å². The molecule has 0 radical (unpaired) electrons. The molecule has 1 heterocycles. The van der Waals surface area contributed by atoms with Crippen LogP contribution in [0.15, 0.2) is 24.4 Å². The number of aryl methyl sites for hydroxylation is 3. The minimum Gasteiger partial charge on any atom is -0.505 e. The molecule has 2 unspecified atom stereocenters. The molecule has 0 saturated heterocycles. The molecular formula is C20H23N2O7P. The van der Waals surface area contributed by atoms with E-state index in [2.05, 4.69) is 10.1 Å². The Balaban J connectivity index is 1.85. The van der Waals surface area contributed by atoms with Crippen molar-refractivity contribution in [1.82, 2.24) is 10.1 Å². The third-order valence-electron chi connectivity index (χ3n) is 4.88. The zero-order valence-corrected chi connectivity index (χ0v) is 17.5. The van der Waals surface area contributed by atoms with Gasteiger partial charge < -0.3 is 14.7 Å². The van der Waals surface area contributed by atoms with Crippen molar-refractivity contribution >= 4 is 20.0 Å². The number of pyridine rings is 1. The third kappa shape index (κ3) is 4.87. The number of hydrogen-bond acceptors (Lipinski definition) is 7. The van der Waals surface area contributed by atoms with E-state index in [-0.39, 0.29) is 28.3 Å². The number of hydrogen-bond donors (Lipinski definition) is 3. The average Bonchev–Trinajstić information content (AvgIpc) is 3.16. The second kappa shape index (κ2) is 8.95. The van der Waals surface area contributed by atoms with E-state index in [0.717, 1.165) is 24.8 Å². The van der Waals surface area contributed by atoms with Gasteiger partial charge in [0.15, 0.2) is 6.29 Å². The van der Waals surface area contributed by atoms with Gasteiger partial charge in [-0.05, 0) is 56.4 Å². The number of carbonyl (C=O) groups is 2. The highest BCUT2D eigenvalue weighted by Gasteiger charge is 2.32. The lowest BCUT2D eigenvalue weighted by Gasteiger charge is -2.22. The molecule has 9 nitrogen and oxygen atoms in total. The number of benzene rings is 1. The van der Waals surface area contributed by atoms with Gasteiger partial charge >= 0.3 is 13.7 Å². The maximum absolute atomic E-state index is 13.3. The number of carboxylic acid groups (broad SMARTS) is 1. The molecule has 0 spiro atoms. The van der Waals surface area contributed by atoms with Crippen molar-refractivity contribution in [1.29, 1.82) is 0 Å². The van der Waals surface area contributed by atoms with E-state index >= 15 is 0 Å². The van der Waals surface area contributed by atoms with Crippen LogP contribution in [0.25, 0.3) is 0 Å². The summed E-state index contributed by atoms with van der Waals surface area (Å²) < 4.78 is 24.4. The number of aliphatic carboxylic acids is 1. The lowest BCUT2D eigenvalue weighted by Crippen LogP contribution is -2.33. The first kappa shape index (κ1) is 22.0. The molecule has 0 saturated carbocycles. The van der Waals surface area contributed by atoms with E-state index in [1.165, 1.54) is 25.6 Å². The highest BCUT2D eigenvalue weighted by atomic mass is 31.2. The first-order chi connectivity index (χ1) is 14.2. The fraction of sp³-hybridized carbons (Fsp3) is 0.350. The van der Waals surface area contributed by atoms with Gasteiger partial charge in [0.25, 0.3) is 0 Å². The number of fused-ring (bicyclic) bond motifs is 1. The predicted octanol–water partition coefficient (Wildman–Crippen LogP) is 3.16. The molecule has 1 aromatic carbocycles. The summed E-state index contributed by atoms with van der Waals surface area (Å²) >= 11 is 0. The molecule has 1 aromatic heterocycles. The molecule has 1 aliphatic carbocycles. The standard InChI is InChI=1S/C20H23N2O7P/c1-12-19(24)18(10-23)16(9-21-12)11-28-30(27,22-13(2)20(25)26)29-17-7-6-14-4-3-5-15(14)8-17/h6-10,13,24H,3-5,11H2,1-2H3,(H,22,27)(H,25,26). The summed E-state index contributed by atoms with van der Waals surface area (Å²) in [6.45, 7) is 2.45. The molecule has 10 heteroatoms. The second-order valence-corrected chi connectivity index (χ2v) is 8.78. The number of aromatic nitrogens is 1. The average molecular weight is 434 g/mol. The maximum atomic E-state index is 13.3. The van der Waals surface area contributed by atoms with Gasteiger partial charge in [-0.15, -0.1) is 0 Å². The van der Waals surface area contributed by atoms with Crippen molar-refractivity contribution in [2.24, 2.45) is 0 Å². The van der Waals surface area contributed by atoms with E-state index in [1.807, 2.05) is 6.07 Å². The van der Waals surface area contributed by atoms with Crippen LogP contribution in [-0.2, 0) is 33.3 Å². The van der Waals surface area contributed by atoms with Gasteiger partial charge in [-0.2, -0.15) is 5.09 Å². The van der Waals surface area contributed by atoms with Crippen molar-refractivity contribution in [2.75, 3.05) is 0 Å². The fourth-order valence-electron chi connectivity index (χ4n) is 3.18. The van der Waals surface area contributed by atoms with Crippen LogP contribution in [0.4, 0.5) is 0 Å². The Morgan fingerprint density at radius 2 is 2.10 bits per heavy atom. The summed E-state index contributed by atoms with van der Waals surface area (Å²) in [6, 6.07) is 4.08. The van der Waals surface area contributed by atoms with Gasteiger partial charge in [0.2, 0.25) is 0 Å². The number of nitrogens with one attached hydrogen (secondary N) is 1. The molecule has 30 heavy (non-hydrogen) atoms. The smallest absolute Gasteiger partial charge is 0.459 e. The van der Waals surface area contributed by atoms with E-state index < -0.39 is 26.4 Å². The van der Waals surface area contributed by atoms with Gasteiger partial charge in [-0.3, -0.25) is 19.1 Å². The van der Waals surface area contributed by atoms with E-state index in [0.29, 0.717) is 6.29 Å². The minimum absolute atomic E-state index is 0.0436. The highest BCUT2D eigenvalue weighted by molar-refractivity contribution is 7.52. The minimum atomic E-state index is -4.16. The van der Waals surface area contributed by atoms with Crippen molar-refractivity contribution < 1.29 is 33.4 Å².